The molecule has 0 amide bonds. The Balaban J connectivity index is 2.37. The molecule has 0 bridgehead atoms. The Labute approximate surface area is 134 Å². The number of fused-ring (bicyclic) bond motifs is 1. The number of nitrogens with one attached hydrogen (secondary N) is 1. The minimum Gasteiger partial charge on any atom is -0.456 e. The summed E-state index contributed by atoms with van der Waals surface area (Å²) in [6, 6.07) is 2.87. The third kappa shape index (κ3) is 4.33. The zero-order valence-electron chi connectivity index (χ0n) is 13.5. The number of ether oxygens (including phenoxy) is 1. The first-order valence-corrected chi connectivity index (χ1v) is 7.45. The Kier molecular flexibility index (Phi) is 5.07. The zero-order valence-corrected chi connectivity index (χ0v) is 13.5. The van der Waals surface area contributed by atoms with Crippen LogP contribution < -0.4 is 0 Å². The molecule has 0 spiro atoms. The maximum Gasteiger partial charge on any atom is 0.340 e. The summed E-state index contributed by atoms with van der Waals surface area (Å²) in [6.07, 6.45) is 2.55. The lowest BCUT2D eigenvalue weighted by Crippen LogP contribution is -2.23. The molecule has 5 heteroatoms. The normalized spacial score (nSPS) is 11.2. The minimum absolute atomic E-state index is 0.0524. The van der Waals surface area contributed by atoms with Gasteiger partial charge in [0, 0.05) is 30.1 Å². The minimum atomic E-state index is -0.604. The monoisotopic (exact) mass is 317 g/mol. The average Bonchev–Trinajstić information content (AvgIpc) is 2.84. The number of aromatic amines is 1. The van der Waals surface area contributed by atoms with E-state index in [2.05, 4.69) is 16.8 Å². The van der Waals surface area contributed by atoms with Gasteiger partial charge >= 0.3 is 5.97 Å². The van der Waals surface area contributed by atoms with Gasteiger partial charge in [-0.25, -0.2) is 9.18 Å². The molecule has 0 fully saturated rings. The number of esters is 1. The molecule has 1 aromatic carbocycles. The van der Waals surface area contributed by atoms with E-state index in [4.69, 9.17) is 9.84 Å². The third-order valence-electron chi connectivity index (χ3n) is 3.07. The first-order valence-electron chi connectivity index (χ1n) is 7.45. The van der Waals surface area contributed by atoms with Gasteiger partial charge in [-0.1, -0.05) is 11.8 Å². The van der Waals surface area contributed by atoms with Crippen molar-refractivity contribution >= 4 is 16.9 Å². The van der Waals surface area contributed by atoms with Crippen molar-refractivity contribution in [3.05, 3.63) is 35.3 Å². The second-order valence-corrected chi connectivity index (χ2v) is 6.21. The van der Waals surface area contributed by atoms with Crippen molar-refractivity contribution in [1.82, 2.24) is 4.98 Å². The lowest BCUT2D eigenvalue weighted by Gasteiger charge is -2.19. The number of unbranched alkanes of at least 4 members (excludes halogenated alkanes) is 1. The van der Waals surface area contributed by atoms with Crippen LogP contribution in [-0.2, 0) is 4.74 Å². The van der Waals surface area contributed by atoms with E-state index < -0.39 is 17.4 Å². The molecule has 1 heterocycles. The van der Waals surface area contributed by atoms with Crippen LogP contribution in [0.5, 0.6) is 0 Å². The molecule has 0 aliphatic carbocycles. The summed E-state index contributed by atoms with van der Waals surface area (Å²) in [5.74, 6) is 4.64. The van der Waals surface area contributed by atoms with Crippen molar-refractivity contribution in [3.63, 3.8) is 0 Å². The summed E-state index contributed by atoms with van der Waals surface area (Å²) >= 11 is 0. The molecule has 0 radical (unpaired) electrons. The van der Waals surface area contributed by atoms with Crippen molar-refractivity contribution in [2.24, 2.45) is 0 Å². The number of benzene rings is 1. The van der Waals surface area contributed by atoms with Crippen LogP contribution in [-0.4, -0.2) is 28.3 Å². The van der Waals surface area contributed by atoms with Crippen LogP contribution >= 0.6 is 0 Å². The highest BCUT2D eigenvalue weighted by atomic mass is 19.1. The van der Waals surface area contributed by atoms with Crippen molar-refractivity contribution in [2.75, 3.05) is 6.61 Å². The smallest absolute Gasteiger partial charge is 0.340 e. The molecular formula is C18H20FNO3. The molecule has 0 atom stereocenters. The van der Waals surface area contributed by atoms with Crippen LogP contribution in [0.2, 0.25) is 0 Å². The number of carbonyl (C=O) groups excluding carboxylic acids is 1. The Hall–Kier alpha value is -2.32. The van der Waals surface area contributed by atoms with E-state index in [-0.39, 0.29) is 12.2 Å². The van der Waals surface area contributed by atoms with E-state index in [1.165, 1.54) is 12.3 Å². The van der Waals surface area contributed by atoms with E-state index >= 15 is 0 Å². The van der Waals surface area contributed by atoms with Crippen molar-refractivity contribution in [1.29, 1.82) is 0 Å². The molecule has 0 aliphatic heterocycles. The Morgan fingerprint density at radius 1 is 1.39 bits per heavy atom. The highest BCUT2D eigenvalue weighted by Crippen LogP contribution is 2.24. The Morgan fingerprint density at radius 2 is 2.13 bits per heavy atom. The number of aromatic nitrogens is 1. The number of carbonyl (C=O) groups is 1. The third-order valence-corrected chi connectivity index (χ3v) is 3.07. The van der Waals surface area contributed by atoms with Crippen LogP contribution in [0.15, 0.2) is 18.3 Å². The fraction of sp³-hybridized carbons (Fsp3) is 0.389. The molecular weight excluding hydrogens is 297 g/mol. The lowest BCUT2D eigenvalue weighted by atomic mass is 10.1. The summed E-state index contributed by atoms with van der Waals surface area (Å²) in [5.41, 5.74) is 0.491. The summed E-state index contributed by atoms with van der Waals surface area (Å²) in [4.78, 5) is 15.1. The van der Waals surface area contributed by atoms with Crippen molar-refractivity contribution in [3.8, 4) is 11.8 Å². The van der Waals surface area contributed by atoms with Gasteiger partial charge in [-0.2, -0.15) is 0 Å². The first-order chi connectivity index (χ1) is 10.8. The molecule has 23 heavy (non-hydrogen) atoms. The van der Waals surface area contributed by atoms with Gasteiger partial charge in [-0.3, -0.25) is 0 Å². The number of rotatable bonds is 3. The molecule has 0 saturated carbocycles. The van der Waals surface area contributed by atoms with Gasteiger partial charge in [0.25, 0.3) is 0 Å². The molecule has 2 aromatic rings. The summed E-state index contributed by atoms with van der Waals surface area (Å²) in [5, 5.41) is 9.30. The number of hydrogen-bond acceptors (Lipinski definition) is 3. The topological polar surface area (TPSA) is 62.3 Å². The van der Waals surface area contributed by atoms with Crippen LogP contribution in [0.4, 0.5) is 4.39 Å². The maximum atomic E-state index is 14.0. The molecule has 2 rings (SSSR count). The first kappa shape index (κ1) is 17.0. The summed E-state index contributed by atoms with van der Waals surface area (Å²) < 4.78 is 19.4. The van der Waals surface area contributed by atoms with Crippen molar-refractivity contribution in [2.45, 2.75) is 39.2 Å². The predicted octanol–water partition coefficient (Wildman–Crippen LogP) is 3.39. The largest absolute Gasteiger partial charge is 0.456 e. The van der Waals surface area contributed by atoms with E-state index in [1.54, 1.807) is 26.8 Å². The second-order valence-electron chi connectivity index (χ2n) is 6.21. The van der Waals surface area contributed by atoms with Crippen LogP contribution in [0.25, 0.3) is 10.9 Å². The zero-order chi connectivity index (χ0) is 17.0. The molecule has 1 aromatic heterocycles. The van der Waals surface area contributed by atoms with Gasteiger partial charge in [0.05, 0.1) is 11.1 Å². The van der Waals surface area contributed by atoms with E-state index in [9.17, 15) is 9.18 Å². The fourth-order valence-corrected chi connectivity index (χ4v) is 2.07. The summed E-state index contributed by atoms with van der Waals surface area (Å²) in [6.45, 7) is 5.42. The second kappa shape index (κ2) is 6.84. The quantitative estimate of drug-likeness (QED) is 0.518. The van der Waals surface area contributed by atoms with Gasteiger partial charge < -0.3 is 14.8 Å². The molecule has 122 valence electrons. The number of H-pyrrole nitrogens is 1. The SMILES string of the molecule is CC(C)(C)OC(=O)c1c[nH]c2cc(F)c(C#CCCCO)cc12. The predicted molar refractivity (Wildman–Crippen MR) is 86.6 cm³/mol. The van der Waals surface area contributed by atoms with E-state index in [0.717, 1.165) is 0 Å². The number of aliphatic hydroxyl groups is 1. The Morgan fingerprint density at radius 3 is 2.78 bits per heavy atom. The fourth-order valence-electron chi connectivity index (χ4n) is 2.07. The van der Waals surface area contributed by atoms with Gasteiger partial charge in [-0.05, 0) is 39.3 Å². The van der Waals surface area contributed by atoms with Gasteiger partial charge in [-0.15, -0.1) is 0 Å². The van der Waals surface area contributed by atoms with E-state index in [1.807, 2.05) is 0 Å². The van der Waals surface area contributed by atoms with Crippen molar-refractivity contribution < 1.29 is 19.0 Å². The van der Waals surface area contributed by atoms with Gasteiger partial charge in [0.1, 0.15) is 11.4 Å². The standard InChI is InChI=1S/C18H20FNO3/c1-18(2,3)23-17(22)14-11-20-16-10-15(19)12(9-13(14)16)7-5-4-6-8-21/h9-11,20-21H,4,6,8H2,1-3H3. The lowest BCUT2D eigenvalue weighted by molar-refractivity contribution is 0.00719. The number of hydrogen-bond donors (Lipinski definition) is 2. The molecule has 2 N–H and O–H groups in total. The van der Waals surface area contributed by atoms with Gasteiger partial charge in [0.2, 0.25) is 0 Å². The molecule has 0 saturated heterocycles. The van der Waals surface area contributed by atoms with Crippen LogP contribution in [0, 0.1) is 17.7 Å². The van der Waals surface area contributed by atoms with Crippen LogP contribution in [0.1, 0.15) is 49.5 Å². The molecule has 0 aliphatic rings. The highest BCUT2D eigenvalue weighted by Gasteiger charge is 2.21. The van der Waals surface area contributed by atoms with E-state index in [0.29, 0.717) is 29.3 Å². The molecule has 0 unspecified atom stereocenters. The molecule has 4 nitrogen and oxygen atoms in total. The summed E-state index contributed by atoms with van der Waals surface area (Å²) in [7, 11) is 0. The highest BCUT2D eigenvalue weighted by molar-refractivity contribution is 6.04. The maximum absolute atomic E-state index is 14.0. The average molecular weight is 317 g/mol. The Bertz CT molecular complexity index is 775. The van der Waals surface area contributed by atoms with Gasteiger partial charge in [0.15, 0.2) is 0 Å². The van der Waals surface area contributed by atoms with Crippen LogP contribution in [0.3, 0.4) is 0 Å². The number of aliphatic hydroxyl groups excluding tert-OH is 1. The number of halogens is 1.